The number of nitrogens with one attached hydrogen (secondary N) is 1. The highest BCUT2D eigenvalue weighted by Crippen LogP contribution is 2.13. The number of nitriles is 1. The number of likely N-dealkylation sites (N-methyl/N-ethyl adjacent to an activating group) is 1. The van der Waals surface area contributed by atoms with Gasteiger partial charge in [-0.05, 0) is 44.5 Å². The van der Waals surface area contributed by atoms with Crippen LogP contribution in [0, 0.1) is 11.3 Å². The largest absolute Gasteiger partial charge is 0.494 e. The molecule has 0 aliphatic rings. The lowest BCUT2D eigenvalue weighted by Crippen LogP contribution is -2.23. The van der Waals surface area contributed by atoms with Gasteiger partial charge in [-0.3, -0.25) is 0 Å². The second-order valence-electron chi connectivity index (χ2n) is 4.15. The van der Waals surface area contributed by atoms with Gasteiger partial charge in [-0.2, -0.15) is 5.26 Å². The second-order valence-corrected chi connectivity index (χ2v) is 4.15. The fraction of sp³-hybridized carbons (Fsp3) is 0.500. The summed E-state index contributed by atoms with van der Waals surface area (Å²) in [5.74, 6) is 0.879. The predicted octanol–water partition coefficient (Wildman–Crippen LogP) is 2.52. The van der Waals surface area contributed by atoms with E-state index in [1.807, 2.05) is 19.2 Å². The molecule has 3 heteroatoms. The van der Waals surface area contributed by atoms with Crippen LogP contribution in [-0.4, -0.2) is 19.7 Å². The Morgan fingerprint density at radius 2 is 2.06 bits per heavy atom. The van der Waals surface area contributed by atoms with Crippen molar-refractivity contribution >= 4 is 0 Å². The Balaban J connectivity index is 2.37. The first-order chi connectivity index (χ1) is 8.26. The van der Waals surface area contributed by atoms with Crippen molar-refractivity contribution in [3.8, 4) is 11.8 Å². The SMILES string of the molecule is CNC(C)Cc1ccc(OCCCC#N)cc1. The Hall–Kier alpha value is -1.53. The molecule has 1 aromatic carbocycles. The van der Waals surface area contributed by atoms with E-state index in [4.69, 9.17) is 10.00 Å². The van der Waals surface area contributed by atoms with Gasteiger partial charge in [0.05, 0.1) is 12.7 Å². The zero-order valence-electron chi connectivity index (χ0n) is 10.6. The lowest BCUT2D eigenvalue weighted by molar-refractivity contribution is 0.312. The van der Waals surface area contributed by atoms with E-state index < -0.39 is 0 Å². The lowest BCUT2D eigenvalue weighted by Gasteiger charge is -2.10. The molecule has 1 atom stereocenters. The van der Waals surface area contributed by atoms with Crippen LogP contribution < -0.4 is 10.1 Å². The molecule has 0 radical (unpaired) electrons. The molecule has 0 saturated carbocycles. The van der Waals surface area contributed by atoms with Crippen molar-refractivity contribution < 1.29 is 4.74 Å². The average molecular weight is 232 g/mol. The van der Waals surface area contributed by atoms with Crippen molar-refractivity contribution in [3.05, 3.63) is 29.8 Å². The molecule has 1 rings (SSSR count). The molecule has 0 heterocycles. The quantitative estimate of drug-likeness (QED) is 0.735. The van der Waals surface area contributed by atoms with E-state index in [-0.39, 0.29) is 0 Å². The molecule has 1 unspecified atom stereocenters. The van der Waals surface area contributed by atoms with Crippen molar-refractivity contribution in [2.75, 3.05) is 13.7 Å². The van der Waals surface area contributed by atoms with E-state index in [9.17, 15) is 0 Å². The Morgan fingerprint density at radius 3 is 2.65 bits per heavy atom. The van der Waals surface area contributed by atoms with Gasteiger partial charge in [0.15, 0.2) is 0 Å². The minimum atomic E-state index is 0.484. The summed E-state index contributed by atoms with van der Waals surface area (Å²) >= 11 is 0. The maximum Gasteiger partial charge on any atom is 0.119 e. The third kappa shape index (κ3) is 5.37. The molecule has 3 nitrogen and oxygen atoms in total. The molecule has 0 fully saturated rings. The standard InChI is InChI=1S/C14H20N2O/c1-12(16-2)11-13-5-7-14(8-6-13)17-10-4-3-9-15/h5-8,12,16H,3-4,10-11H2,1-2H3. The molecule has 0 saturated heterocycles. The summed E-state index contributed by atoms with van der Waals surface area (Å²) < 4.78 is 5.53. The van der Waals surface area contributed by atoms with Gasteiger partial charge < -0.3 is 10.1 Å². The van der Waals surface area contributed by atoms with E-state index in [0.29, 0.717) is 19.1 Å². The Kier molecular flexibility index (Phi) is 6.13. The molecule has 92 valence electrons. The molecule has 0 amide bonds. The van der Waals surface area contributed by atoms with Gasteiger partial charge in [0.1, 0.15) is 5.75 Å². The van der Waals surface area contributed by atoms with Crippen LogP contribution >= 0.6 is 0 Å². The maximum atomic E-state index is 8.40. The van der Waals surface area contributed by atoms with Crippen LogP contribution in [0.4, 0.5) is 0 Å². The minimum absolute atomic E-state index is 0.484. The number of ether oxygens (including phenoxy) is 1. The van der Waals surface area contributed by atoms with Crippen LogP contribution in [0.2, 0.25) is 0 Å². The maximum absolute atomic E-state index is 8.40. The van der Waals surface area contributed by atoms with E-state index in [0.717, 1.165) is 18.6 Å². The Bertz CT molecular complexity index is 353. The van der Waals surface area contributed by atoms with Gasteiger partial charge in [-0.25, -0.2) is 0 Å². The zero-order chi connectivity index (χ0) is 12.5. The highest BCUT2D eigenvalue weighted by molar-refractivity contribution is 5.27. The molecule has 0 spiro atoms. The predicted molar refractivity (Wildman–Crippen MR) is 69.0 cm³/mol. The van der Waals surface area contributed by atoms with Crippen molar-refractivity contribution in [1.29, 1.82) is 5.26 Å². The molecule has 1 N–H and O–H groups in total. The molecule has 17 heavy (non-hydrogen) atoms. The van der Waals surface area contributed by atoms with Crippen molar-refractivity contribution in [2.45, 2.75) is 32.2 Å². The first-order valence-corrected chi connectivity index (χ1v) is 6.02. The summed E-state index contributed by atoms with van der Waals surface area (Å²) in [4.78, 5) is 0. The Labute approximate surface area is 103 Å². The fourth-order valence-corrected chi connectivity index (χ4v) is 1.52. The molecule has 1 aromatic rings. The normalized spacial score (nSPS) is 11.8. The number of rotatable bonds is 7. The van der Waals surface area contributed by atoms with Crippen LogP contribution in [0.3, 0.4) is 0 Å². The molecule has 0 bridgehead atoms. The van der Waals surface area contributed by atoms with Crippen LogP contribution in [0.5, 0.6) is 5.75 Å². The van der Waals surface area contributed by atoms with E-state index in [1.165, 1.54) is 5.56 Å². The van der Waals surface area contributed by atoms with Gasteiger partial charge in [0.2, 0.25) is 0 Å². The van der Waals surface area contributed by atoms with Crippen molar-refractivity contribution in [1.82, 2.24) is 5.32 Å². The molecule has 0 aliphatic heterocycles. The highest BCUT2D eigenvalue weighted by atomic mass is 16.5. The first-order valence-electron chi connectivity index (χ1n) is 6.02. The third-order valence-corrected chi connectivity index (χ3v) is 2.66. The van der Waals surface area contributed by atoms with Crippen molar-refractivity contribution in [2.24, 2.45) is 0 Å². The Morgan fingerprint density at radius 1 is 1.35 bits per heavy atom. The molecule has 0 aromatic heterocycles. The third-order valence-electron chi connectivity index (χ3n) is 2.66. The average Bonchev–Trinajstić information content (AvgIpc) is 2.36. The van der Waals surface area contributed by atoms with Crippen LogP contribution in [-0.2, 0) is 6.42 Å². The molecule has 0 aliphatic carbocycles. The summed E-state index contributed by atoms with van der Waals surface area (Å²) in [5.41, 5.74) is 1.30. The van der Waals surface area contributed by atoms with Gasteiger partial charge in [-0.1, -0.05) is 12.1 Å². The number of hydrogen-bond donors (Lipinski definition) is 1. The summed E-state index contributed by atoms with van der Waals surface area (Å²) in [6.45, 7) is 2.77. The van der Waals surface area contributed by atoms with Crippen LogP contribution in [0.25, 0.3) is 0 Å². The number of benzene rings is 1. The van der Waals surface area contributed by atoms with Crippen molar-refractivity contribution in [3.63, 3.8) is 0 Å². The summed E-state index contributed by atoms with van der Waals surface area (Å²) in [5, 5.41) is 11.6. The van der Waals surface area contributed by atoms with Gasteiger partial charge in [0.25, 0.3) is 0 Å². The van der Waals surface area contributed by atoms with Gasteiger partial charge >= 0.3 is 0 Å². The zero-order valence-corrected chi connectivity index (χ0v) is 10.6. The number of nitrogens with zero attached hydrogens (tertiary/aromatic N) is 1. The summed E-state index contributed by atoms with van der Waals surface area (Å²) in [7, 11) is 1.97. The second kappa shape index (κ2) is 7.70. The smallest absolute Gasteiger partial charge is 0.119 e. The highest BCUT2D eigenvalue weighted by Gasteiger charge is 2.00. The topological polar surface area (TPSA) is 45.0 Å². The number of hydrogen-bond acceptors (Lipinski definition) is 3. The van der Waals surface area contributed by atoms with E-state index in [1.54, 1.807) is 0 Å². The van der Waals surface area contributed by atoms with Gasteiger partial charge in [-0.15, -0.1) is 0 Å². The molecular weight excluding hydrogens is 212 g/mol. The fourth-order valence-electron chi connectivity index (χ4n) is 1.52. The van der Waals surface area contributed by atoms with Crippen LogP contribution in [0.1, 0.15) is 25.3 Å². The summed E-state index contributed by atoms with van der Waals surface area (Å²) in [6.07, 6.45) is 2.36. The van der Waals surface area contributed by atoms with Crippen LogP contribution in [0.15, 0.2) is 24.3 Å². The van der Waals surface area contributed by atoms with Gasteiger partial charge in [0, 0.05) is 12.5 Å². The molecular formula is C14H20N2O. The first kappa shape index (κ1) is 13.5. The van der Waals surface area contributed by atoms with E-state index >= 15 is 0 Å². The van der Waals surface area contributed by atoms with E-state index in [2.05, 4.69) is 30.4 Å². The monoisotopic (exact) mass is 232 g/mol. The lowest BCUT2D eigenvalue weighted by atomic mass is 10.1. The number of unbranched alkanes of at least 4 members (excludes halogenated alkanes) is 1. The summed E-state index contributed by atoms with van der Waals surface area (Å²) in [6, 6.07) is 10.7. The minimum Gasteiger partial charge on any atom is -0.494 e.